The molecule has 1 aromatic heterocycles. The molecular formula is C12H18F3N3. The SMILES string of the molecule is NCC1CCCCCC1n1ccc(C(F)(F)F)n1. The highest BCUT2D eigenvalue weighted by atomic mass is 19.4. The zero-order valence-corrected chi connectivity index (χ0v) is 10.2. The summed E-state index contributed by atoms with van der Waals surface area (Å²) in [5.74, 6) is 0.230. The van der Waals surface area contributed by atoms with Gasteiger partial charge in [0.05, 0.1) is 6.04 Å². The fraction of sp³-hybridized carbons (Fsp3) is 0.750. The number of aromatic nitrogens is 2. The van der Waals surface area contributed by atoms with Gasteiger partial charge in [-0.1, -0.05) is 19.3 Å². The maximum atomic E-state index is 12.5. The van der Waals surface area contributed by atoms with Crippen molar-refractivity contribution in [2.24, 2.45) is 11.7 Å². The van der Waals surface area contributed by atoms with E-state index in [4.69, 9.17) is 5.73 Å². The van der Waals surface area contributed by atoms with Crippen LogP contribution in [-0.4, -0.2) is 16.3 Å². The van der Waals surface area contributed by atoms with Crippen LogP contribution >= 0.6 is 0 Å². The number of nitrogens with zero attached hydrogens (tertiary/aromatic N) is 2. The number of nitrogens with two attached hydrogens (primary N) is 1. The van der Waals surface area contributed by atoms with E-state index in [-0.39, 0.29) is 12.0 Å². The molecule has 1 aromatic rings. The average Bonchev–Trinajstić information content (AvgIpc) is 2.68. The van der Waals surface area contributed by atoms with Crippen LogP contribution < -0.4 is 5.73 Å². The van der Waals surface area contributed by atoms with Crippen molar-refractivity contribution in [3.8, 4) is 0 Å². The van der Waals surface area contributed by atoms with Gasteiger partial charge in [-0.2, -0.15) is 18.3 Å². The highest BCUT2D eigenvalue weighted by Crippen LogP contribution is 2.33. The van der Waals surface area contributed by atoms with Crippen LogP contribution in [0.2, 0.25) is 0 Å². The van der Waals surface area contributed by atoms with Crippen LogP contribution in [0.15, 0.2) is 12.3 Å². The summed E-state index contributed by atoms with van der Waals surface area (Å²) in [6.07, 6.45) is 2.16. The summed E-state index contributed by atoms with van der Waals surface area (Å²) >= 11 is 0. The molecule has 1 fully saturated rings. The fourth-order valence-corrected chi connectivity index (χ4v) is 2.66. The zero-order valence-electron chi connectivity index (χ0n) is 10.2. The van der Waals surface area contributed by atoms with Gasteiger partial charge in [0.15, 0.2) is 5.69 Å². The lowest BCUT2D eigenvalue weighted by atomic mass is 9.95. The lowest BCUT2D eigenvalue weighted by Crippen LogP contribution is -2.26. The van der Waals surface area contributed by atoms with E-state index in [9.17, 15) is 13.2 Å². The van der Waals surface area contributed by atoms with Crippen LogP contribution in [0, 0.1) is 5.92 Å². The molecule has 1 aliphatic rings. The molecule has 2 N–H and O–H groups in total. The van der Waals surface area contributed by atoms with Gasteiger partial charge in [-0.25, -0.2) is 0 Å². The highest BCUT2D eigenvalue weighted by molar-refractivity contribution is 5.04. The van der Waals surface area contributed by atoms with E-state index in [0.29, 0.717) is 6.54 Å². The van der Waals surface area contributed by atoms with Crippen LogP contribution in [-0.2, 0) is 6.18 Å². The van der Waals surface area contributed by atoms with Crippen molar-refractivity contribution in [1.29, 1.82) is 0 Å². The minimum Gasteiger partial charge on any atom is -0.330 e. The Labute approximate surface area is 104 Å². The second-order valence-electron chi connectivity index (χ2n) is 4.88. The van der Waals surface area contributed by atoms with E-state index >= 15 is 0 Å². The average molecular weight is 261 g/mol. The Morgan fingerprint density at radius 1 is 1.28 bits per heavy atom. The van der Waals surface area contributed by atoms with E-state index in [1.54, 1.807) is 0 Å². The molecule has 1 aliphatic carbocycles. The molecule has 0 saturated heterocycles. The van der Waals surface area contributed by atoms with Gasteiger partial charge in [-0.3, -0.25) is 4.68 Å². The Kier molecular flexibility index (Phi) is 3.94. The van der Waals surface area contributed by atoms with Crippen LogP contribution in [0.3, 0.4) is 0 Å². The van der Waals surface area contributed by atoms with E-state index < -0.39 is 11.9 Å². The molecule has 18 heavy (non-hydrogen) atoms. The Morgan fingerprint density at radius 2 is 2.00 bits per heavy atom. The number of hydrogen-bond acceptors (Lipinski definition) is 2. The Morgan fingerprint density at radius 3 is 2.61 bits per heavy atom. The zero-order chi connectivity index (χ0) is 13.2. The molecular weight excluding hydrogens is 243 g/mol. The highest BCUT2D eigenvalue weighted by Gasteiger charge is 2.35. The van der Waals surface area contributed by atoms with Crippen molar-refractivity contribution >= 4 is 0 Å². The van der Waals surface area contributed by atoms with Gasteiger partial charge in [0, 0.05) is 6.20 Å². The van der Waals surface area contributed by atoms with E-state index in [1.807, 2.05) is 0 Å². The maximum absolute atomic E-state index is 12.5. The standard InChI is InChI=1S/C12H18F3N3/c13-12(14,15)11-6-7-18(17-11)10-5-3-1-2-4-9(10)8-16/h6-7,9-10H,1-5,8,16H2. The summed E-state index contributed by atoms with van der Waals surface area (Å²) < 4.78 is 39.0. The third-order valence-corrected chi connectivity index (χ3v) is 3.66. The fourth-order valence-electron chi connectivity index (χ4n) is 2.66. The first kappa shape index (κ1) is 13.4. The molecule has 102 valence electrons. The molecule has 1 saturated carbocycles. The van der Waals surface area contributed by atoms with E-state index in [0.717, 1.165) is 38.2 Å². The van der Waals surface area contributed by atoms with Crippen LogP contribution in [0.1, 0.15) is 43.8 Å². The molecule has 2 rings (SSSR count). The maximum Gasteiger partial charge on any atom is 0.435 e. The summed E-state index contributed by atoms with van der Waals surface area (Å²) in [4.78, 5) is 0. The first-order valence-corrected chi connectivity index (χ1v) is 6.35. The second kappa shape index (κ2) is 5.30. The number of hydrogen-bond donors (Lipinski definition) is 1. The Balaban J connectivity index is 2.20. The van der Waals surface area contributed by atoms with Gasteiger partial charge in [-0.05, 0) is 31.4 Å². The first-order chi connectivity index (χ1) is 8.52. The van der Waals surface area contributed by atoms with Gasteiger partial charge >= 0.3 is 6.18 Å². The van der Waals surface area contributed by atoms with Crippen LogP contribution in [0.25, 0.3) is 0 Å². The van der Waals surface area contributed by atoms with Crippen molar-refractivity contribution < 1.29 is 13.2 Å². The van der Waals surface area contributed by atoms with Crippen molar-refractivity contribution in [3.05, 3.63) is 18.0 Å². The first-order valence-electron chi connectivity index (χ1n) is 6.35. The predicted molar refractivity (Wildman–Crippen MR) is 61.9 cm³/mol. The summed E-state index contributed by atoms with van der Waals surface area (Å²) in [7, 11) is 0. The lowest BCUT2D eigenvalue weighted by molar-refractivity contribution is -0.141. The summed E-state index contributed by atoms with van der Waals surface area (Å²) in [6.45, 7) is 0.506. The third kappa shape index (κ3) is 2.85. The molecule has 3 nitrogen and oxygen atoms in total. The molecule has 0 amide bonds. The third-order valence-electron chi connectivity index (χ3n) is 3.66. The topological polar surface area (TPSA) is 43.8 Å². The molecule has 0 spiro atoms. The Hall–Kier alpha value is -1.04. The van der Waals surface area contributed by atoms with Gasteiger partial charge < -0.3 is 5.73 Å². The van der Waals surface area contributed by atoms with Crippen molar-refractivity contribution in [2.75, 3.05) is 6.54 Å². The summed E-state index contributed by atoms with van der Waals surface area (Å²) in [6, 6.07) is 1.05. The number of halogens is 3. The van der Waals surface area contributed by atoms with Crippen molar-refractivity contribution in [1.82, 2.24) is 9.78 Å². The summed E-state index contributed by atoms with van der Waals surface area (Å²) in [5, 5.41) is 3.68. The lowest BCUT2D eigenvalue weighted by Gasteiger charge is -2.24. The molecule has 2 unspecified atom stereocenters. The van der Waals surface area contributed by atoms with Gasteiger partial charge in [0.2, 0.25) is 0 Å². The van der Waals surface area contributed by atoms with Crippen molar-refractivity contribution in [2.45, 2.75) is 44.3 Å². The minimum absolute atomic E-state index is 0.00796. The minimum atomic E-state index is -4.37. The van der Waals surface area contributed by atoms with E-state index in [2.05, 4.69) is 5.10 Å². The molecule has 6 heteroatoms. The Bertz CT molecular complexity index is 386. The van der Waals surface area contributed by atoms with Gasteiger partial charge in [-0.15, -0.1) is 0 Å². The number of rotatable bonds is 2. The molecule has 0 aromatic carbocycles. The number of alkyl halides is 3. The van der Waals surface area contributed by atoms with Crippen LogP contribution in [0.5, 0.6) is 0 Å². The summed E-state index contributed by atoms with van der Waals surface area (Å²) in [5.41, 5.74) is 4.91. The monoisotopic (exact) mass is 261 g/mol. The quantitative estimate of drug-likeness (QED) is 0.832. The molecule has 0 radical (unpaired) electrons. The van der Waals surface area contributed by atoms with Crippen LogP contribution in [0.4, 0.5) is 13.2 Å². The molecule has 0 aliphatic heterocycles. The smallest absolute Gasteiger partial charge is 0.330 e. The molecule has 2 atom stereocenters. The molecule has 0 bridgehead atoms. The second-order valence-corrected chi connectivity index (χ2v) is 4.88. The van der Waals surface area contributed by atoms with Crippen molar-refractivity contribution in [3.63, 3.8) is 0 Å². The molecule has 1 heterocycles. The van der Waals surface area contributed by atoms with Gasteiger partial charge in [0.1, 0.15) is 0 Å². The largest absolute Gasteiger partial charge is 0.435 e. The normalized spacial score (nSPS) is 26.0. The van der Waals surface area contributed by atoms with E-state index in [1.165, 1.54) is 10.9 Å². The van der Waals surface area contributed by atoms with Gasteiger partial charge in [0.25, 0.3) is 0 Å². The predicted octanol–water partition coefficient (Wildman–Crippen LogP) is 2.98.